The number of aromatic nitrogens is 2. The number of methoxy groups -OCH3 is 1. The smallest absolute Gasteiger partial charge is 0.158 e. The molecule has 1 aliphatic rings. The van der Waals surface area contributed by atoms with Crippen LogP contribution < -0.4 is 10.6 Å². The van der Waals surface area contributed by atoms with Crippen LogP contribution in [0.25, 0.3) is 0 Å². The van der Waals surface area contributed by atoms with Crippen molar-refractivity contribution in [1.29, 1.82) is 0 Å². The number of hydrogen-bond acceptors (Lipinski definition) is 6. The molecule has 1 aromatic rings. The Hall–Kier alpha value is -1.40. The van der Waals surface area contributed by atoms with Gasteiger partial charge in [-0.25, -0.2) is 9.97 Å². The average molecular weight is 252 g/mol. The topological polar surface area (TPSA) is 84.5 Å². The molecule has 1 fully saturated rings. The number of anilines is 2. The van der Waals surface area contributed by atoms with Crippen LogP contribution in [0.4, 0.5) is 11.6 Å². The molecule has 3 N–H and O–H groups in total. The first kappa shape index (κ1) is 13.0. The van der Waals surface area contributed by atoms with Gasteiger partial charge in [0.15, 0.2) is 5.82 Å². The minimum absolute atomic E-state index is 0.106. The molecule has 100 valence electrons. The minimum Gasteiger partial charge on any atom is -0.394 e. The third-order valence-electron chi connectivity index (χ3n) is 3.42. The highest BCUT2D eigenvalue weighted by molar-refractivity contribution is 5.48. The van der Waals surface area contributed by atoms with E-state index in [0.717, 1.165) is 18.8 Å². The summed E-state index contributed by atoms with van der Waals surface area (Å²) in [7, 11) is 1.60. The zero-order valence-corrected chi connectivity index (χ0v) is 10.8. The Labute approximate surface area is 107 Å². The SMILES string of the molecule is COCc1nc(N)cc(N2CCC(C)C2CO)n1. The van der Waals surface area contributed by atoms with E-state index in [0.29, 0.717) is 24.2 Å². The van der Waals surface area contributed by atoms with E-state index >= 15 is 0 Å². The van der Waals surface area contributed by atoms with Crippen LogP contribution in [0.5, 0.6) is 0 Å². The fourth-order valence-electron chi connectivity index (χ4n) is 2.41. The Morgan fingerprint density at radius 3 is 3.00 bits per heavy atom. The summed E-state index contributed by atoms with van der Waals surface area (Å²) in [6, 6.07) is 1.86. The number of aliphatic hydroxyl groups excluding tert-OH is 1. The molecule has 2 unspecified atom stereocenters. The van der Waals surface area contributed by atoms with Gasteiger partial charge in [0.05, 0.1) is 12.6 Å². The summed E-state index contributed by atoms with van der Waals surface area (Å²) in [6.07, 6.45) is 1.05. The first-order valence-corrected chi connectivity index (χ1v) is 6.15. The fraction of sp³-hybridized carbons (Fsp3) is 0.667. The summed E-state index contributed by atoms with van der Waals surface area (Å²) in [6.45, 7) is 3.49. The molecule has 0 amide bonds. The number of hydrogen-bond donors (Lipinski definition) is 2. The second-order valence-corrected chi connectivity index (χ2v) is 4.71. The molecule has 0 radical (unpaired) electrons. The van der Waals surface area contributed by atoms with E-state index in [1.54, 1.807) is 13.2 Å². The number of nitrogen functional groups attached to an aromatic ring is 1. The first-order chi connectivity index (χ1) is 8.65. The summed E-state index contributed by atoms with van der Waals surface area (Å²) in [5.74, 6) is 2.24. The lowest BCUT2D eigenvalue weighted by molar-refractivity contribution is 0.178. The Balaban J connectivity index is 2.27. The molecule has 6 heteroatoms. The third-order valence-corrected chi connectivity index (χ3v) is 3.42. The molecule has 1 aromatic heterocycles. The second-order valence-electron chi connectivity index (χ2n) is 4.71. The Kier molecular flexibility index (Phi) is 3.98. The van der Waals surface area contributed by atoms with Crippen LogP contribution in [0.15, 0.2) is 6.07 Å². The highest BCUT2D eigenvalue weighted by Gasteiger charge is 2.31. The van der Waals surface area contributed by atoms with Gasteiger partial charge < -0.3 is 20.5 Å². The normalized spacial score (nSPS) is 23.6. The molecular weight excluding hydrogens is 232 g/mol. The predicted molar refractivity (Wildman–Crippen MR) is 69.2 cm³/mol. The van der Waals surface area contributed by atoms with Gasteiger partial charge in [0.1, 0.15) is 18.2 Å². The van der Waals surface area contributed by atoms with Crippen LogP contribution in [-0.4, -0.2) is 41.4 Å². The van der Waals surface area contributed by atoms with Gasteiger partial charge in [-0.05, 0) is 12.3 Å². The number of nitrogens with two attached hydrogens (primary N) is 1. The highest BCUT2D eigenvalue weighted by atomic mass is 16.5. The zero-order valence-electron chi connectivity index (χ0n) is 10.8. The molecule has 18 heavy (non-hydrogen) atoms. The van der Waals surface area contributed by atoms with Crippen LogP contribution in [0.2, 0.25) is 0 Å². The Morgan fingerprint density at radius 1 is 1.56 bits per heavy atom. The zero-order chi connectivity index (χ0) is 13.1. The maximum atomic E-state index is 9.47. The van der Waals surface area contributed by atoms with Gasteiger partial charge >= 0.3 is 0 Å². The lowest BCUT2D eigenvalue weighted by atomic mass is 10.0. The van der Waals surface area contributed by atoms with Gasteiger partial charge in [-0.15, -0.1) is 0 Å². The van der Waals surface area contributed by atoms with Crippen LogP contribution in [0, 0.1) is 5.92 Å². The van der Waals surface area contributed by atoms with E-state index < -0.39 is 0 Å². The summed E-state index contributed by atoms with van der Waals surface area (Å²) >= 11 is 0. The van der Waals surface area contributed by atoms with Crippen molar-refractivity contribution in [1.82, 2.24) is 9.97 Å². The van der Waals surface area contributed by atoms with E-state index in [9.17, 15) is 5.11 Å². The molecule has 0 saturated carbocycles. The highest BCUT2D eigenvalue weighted by Crippen LogP contribution is 2.28. The van der Waals surface area contributed by atoms with Crippen LogP contribution in [0.1, 0.15) is 19.2 Å². The average Bonchev–Trinajstić information content (AvgIpc) is 2.70. The molecule has 0 aromatic carbocycles. The molecule has 0 bridgehead atoms. The van der Waals surface area contributed by atoms with Crippen molar-refractivity contribution in [2.24, 2.45) is 5.92 Å². The van der Waals surface area contributed by atoms with Crippen molar-refractivity contribution >= 4 is 11.6 Å². The molecular formula is C12H20N4O2. The second kappa shape index (κ2) is 5.49. The summed E-state index contributed by atoms with van der Waals surface area (Å²) in [5.41, 5.74) is 5.78. The summed E-state index contributed by atoms with van der Waals surface area (Å²) in [4.78, 5) is 10.7. The van der Waals surface area contributed by atoms with Crippen molar-refractivity contribution in [3.8, 4) is 0 Å². The van der Waals surface area contributed by atoms with Crippen molar-refractivity contribution in [3.63, 3.8) is 0 Å². The predicted octanol–water partition coefficient (Wildman–Crippen LogP) is 0.412. The summed E-state index contributed by atoms with van der Waals surface area (Å²) < 4.78 is 5.03. The van der Waals surface area contributed by atoms with Crippen molar-refractivity contribution in [2.45, 2.75) is 26.0 Å². The molecule has 0 spiro atoms. The van der Waals surface area contributed by atoms with Gasteiger partial charge in [0, 0.05) is 19.7 Å². The largest absolute Gasteiger partial charge is 0.394 e. The van der Waals surface area contributed by atoms with Gasteiger partial charge in [0.2, 0.25) is 0 Å². The molecule has 2 atom stereocenters. The Morgan fingerprint density at radius 2 is 2.33 bits per heavy atom. The molecule has 1 saturated heterocycles. The van der Waals surface area contributed by atoms with Gasteiger partial charge in [-0.3, -0.25) is 0 Å². The summed E-state index contributed by atoms with van der Waals surface area (Å²) in [5, 5.41) is 9.47. The van der Waals surface area contributed by atoms with Crippen molar-refractivity contribution in [3.05, 3.63) is 11.9 Å². The number of rotatable bonds is 4. The molecule has 6 nitrogen and oxygen atoms in total. The minimum atomic E-state index is 0.106. The molecule has 2 rings (SSSR count). The van der Waals surface area contributed by atoms with Crippen LogP contribution in [0.3, 0.4) is 0 Å². The lowest BCUT2D eigenvalue weighted by Crippen LogP contribution is -2.36. The molecule has 2 heterocycles. The van der Waals surface area contributed by atoms with E-state index in [1.807, 2.05) is 0 Å². The van der Waals surface area contributed by atoms with Crippen molar-refractivity contribution < 1.29 is 9.84 Å². The number of ether oxygens (including phenoxy) is 1. The lowest BCUT2D eigenvalue weighted by Gasteiger charge is -2.26. The third kappa shape index (κ3) is 2.54. The molecule has 0 aliphatic carbocycles. The maximum absolute atomic E-state index is 9.47. The number of nitrogens with zero attached hydrogens (tertiary/aromatic N) is 3. The quantitative estimate of drug-likeness (QED) is 0.807. The van der Waals surface area contributed by atoms with Crippen LogP contribution >= 0.6 is 0 Å². The monoisotopic (exact) mass is 252 g/mol. The maximum Gasteiger partial charge on any atom is 0.158 e. The van der Waals surface area contributed by atoms with Gasteiger partial charge in [0.25, 0.3) is 0 Å². The first-order valence-electron chi connectivity index (χ1n) is 6.15. The van der Waals surface area contributed by atoms with E-state index in [-0.39, 0.29) is 12.6 Å². The fourth-order valence-corrected chi connectivity index (χ4v) is 2.41. The van der Waals surface area contributed by atoms with E-state index in [2.05, 4.69) is 21.8 Å². The van der Waals surface area contributed by atoms with E-state index in [1.165, 1.54) is 0 Å². The van der Waals surface area contributed by atoms with Crippen molar-refractivity contribution in [2.75, 3.05) is 30.9 Å². The standard InChI is InChI=1S/C12H20N4O2/c1-8-3-4-16(9(8)6-17)12-5-10(13)14-11(15-12)7-18-2/h5,8-9,17H,3-4,6-7H2,1-2H3,(H2,13,14,15). The van der Waals surface area contributed by atoms with Gasteiger partial charge in [-0.1, -0.05) is 6.92 Å². The van der Waals surface area contributed by atoms with Gasteiger partial charge in [-0.2, -0.15) is 0 Å². The van der Waals surface area contributed by atoms with E-state index in [4.69, 9.17) is 10.5 Å². The Bertz CT molecular complexity index is 413. The van der Waals surface area contributed by atoms with Crippen LogP contribution in [-0.2, 0) is 11.3 Å². The molecule has 1 aliphatic heterocycles. The number of aliphatic hydroxyl groups is 1.